The fourth-order valence-electron chi connectivity index (χ4n) is 3.59. The minimum absolute atomic E-state index is 0.198. The molecule has 0 spiro atoms. The maximum Gasteiger partial charge on any atom is 0.494 e. The third-order valence-corrected chi connectivity index (χ3v) is 6.09. The van der Waals surface area contributed by atoms with Gasteiger partial charge in [-0.2, -0.15) is 0 Å². The Morgan fingerprint density at radius 3 is 2.26 bits per heavy atom. The SMILES string of the molecule is COCCC1C=CC=CC1Cc1ccc(B2OC(C)(C)C(C)(C)O2)cc1F. The normalized spacial score (nSPS) is 25.9. The number of ether oxygens (including phenoxy) is 1. The minimum atomic E-state index is -0.537. The van der Waals surface area contributed by atoms with Gasteiger partial charge in [0.1, 0.15) is 5.82 Å². The van der Waals surface area contributed by atoms with Crippen molar-refractivity contribution >= 4 is 12.6 Å². The van der Waals surface area contributed by atoms with Crippen molar-refractivity contribution < 1.29 is 18.4 Å². The van der Waals surface area contributed by atoms with Crippen LogP contribution in [-0.4, -0.2) is 32.0 Å². The van der Waals surface area contributed by atoms with Crippen LogP contribution in [0.2, 0.25) is 0 Å². The molecule has 2 unspecified atom stereocenters. The molecule has 3 rings (SSSR count). The lowest BCUT2D eigenvalue weighted by Gasteiger charge is -2.32. The number of hydrogen-bond acceptors (Lipinski definition) is 3. The van der Waals surface area contributed by atoms with E-state index in [0.717, 1.165) is 17.4 Å². The van der Waals surface area contributed by atoms with Gasteiger partial charge in [-0.3, -0.25) is 0 Å². The quantitative estimate of drug-likeness (QED) is 0.705. The van der Waals surface area contributed by atoms with E-state index < -0.39 is 18.3 Å². The third kappa shape index (κ3) is 4.36. The highest BCUT2D eigenvalue weighted by Crippen LogP contribution is 2.36. The first-order chi connectivity index (χ1) is 12.7. The highest BCUT2D eigenvalue weighted by molar-refractivity contribution is 6.62. The van der Waals surface area contributed by atoms with E-state index in [1.54, 1.807) is 13.2 Å². The molecular weight excluding hydrogens is 342 g/mol. The Morgan fingerprint density at radius 2 is 1.67 bits per heavy atom. The monoisotopic (exact) mass is 372 g/mol. The van der Waals surface area contributed by atoms with E-state index in [9.17, 15) is 4.39 Å². The smallest absolute Gasteiger partial charge is 0.399 e. The molecule has 0 bridgehead atoms. The van der Waals surface area contributed by atoms with Crippen molar-refractivity contribution in [3.63, 3.8) is 0 Å². The van der Waals surface area contributed by atoms with Gasteiger partial charge in [-0.25, -0.2) is 4.39 Å². The maximum absolute atomic E-state index is 14.8. The van der Waals surface area contributed by atoms with Gasteiger partial charge >= 0.3 is 7.12 Å². The number of methoxy groups -OCH3 is 1. The van der Waals surface area contributed by atoms with Crippen molar-refractivity contribution in [1.29, 1.82) is 0 Å². The maximum atomic E-state index is 14.8. The Labute approximate surface area is 162 Å². The Balaban J connectivity index is 1.72. The summed E-state index contributed by atoms with van der Waals surface area (Å²) in [7, 11) is 1.18. The first-order valence-corrected chi connectivity index (χ1v) is 9.71. The highest BCUT2D eigenvalue weighted by Gasteiger charge is 2.51. The summed E-state index contributed by atoms with van der Waals surface area (Å²) in [5.41, 5.74) is 0.592. The molecule has 146 valence electrons. The van der Waals surface area contributed by atoms with Crippen LogP contribution in [0.4, 0.5) is 4.39 Å². The van der Waals surface area contributed by atoms with Crippen molar-refractivity contribution in [3.05, 3.63) is 53.9 Å². The molecule has 1 saturated heterocycles. The van der Waals surface area contributed by atoms with E-state index in [1.807, 2.05) is 45.9 Å². The molecule has 0 amide bonds. The van der Waals surface area contributed by atoms with Crippen molar-refractivity contribution in [3.8, 4) is 0 Å². The zero-order valence-electron chi connectivity index (χ0n) is 17.0. The van der Waals surface area contributed by atoms with Gasteiger partial charge in [0.05, 0.1) is 11.2 Å². The lowest BCUT2D eigenvalue weighted by molar-refractivity contribution is 0.00578. The zero-order chi connectivity index (χ0) is 19.7. The average Bonchev–Trinajstić information content (AvgIpc) is 2.83. The van der Waals surface area contributed by atoms with Crippen molar-refractivity contribution in [2.45, 2.75) is 51.7 Å². The van der Waals surface area contributed by atoms with E-state index in [2.05, 4.69) is 18.2 Å². The van der Waals surface area contributed by atoms with E-state index in [1.165, 1.54) is 0 Å². The lowest BCUT2D eigenvalue weighted by Crippen LogP contribution is -2.41. The highest BCUT2D eigenvalue weighted by atomic mass is 19.1. The average molecular weight is 372 g/mol. The van der Waals surface area contributed by atoms with Gasteiger partial charge in [-0.1, -0.05) is 36.4 Å². The van der Waals surface area contributed by atoms with Crippen molar-refractivity contribution in [2.24, 2.45) is 11.8 Å². The molecule has 1 aliphatic heterocycles. The molecular formula is C22H30BFO3. The Morgan fingerprint density at radius 1 is 1.04 bits per heavy atom. The summed E-state index contributed by atoms with van der Waals surface area (Å²) < 4.78 is 32.1. The first-order valence-electron chi connectivity index (χ1n) is 9.71. The Hall–Kier alpha value is -1.43. The third-order valence-electron chi connectivity index (χ3n) is 6.09. The van der Waals surface area contributed by atoms with Crippen LogP contribution in [0.5, 0.6) is 0 Å². The van der Waals surface area contributed by atoms with Crippen LogP contribution < -0.4 is 5.46 Å². The molecule has 5 heteroatoms. The van der Waals surface area contributed by atoms with E-state index in [-0.39, 0.29) is 11.7 Å². The van der Waals surface area contributed by atoms with Crippen LogP contribution in [0.25, 0.3) is 0 Å². The van der Waals surface area contributed by atoms with Gasteiger partial charge in [0, 0.05) is 13.7 Å². The van der Waals surface area contributed by atoms with Crippen LogP contribution >= 0.6 is 0 Å². The van der Waals surface area contributed by atoms with Crippen LogP contribution in [0.1, 0.15) is 39.7 Å². The summed E-state index contributed by atoms with van der Waals surface area (Å²) >= 11 is 0. The van der Waals surface area contributed by atoms with E-state index >= 15 is 0 Å². The van der Waals surface area contributed by atoms with Gasteiger partial charge in [0.15, 0.2) is 0 Å². The second kappa shape index (κ2) is 7.90. The van der Waals surface area contributed by atoms with Gasteiger partial charge < -0.3 is 14.0 Å². The molecule has 0 N–H and O–H groups in total. The molecule has 2 aliphatic rings. The van der Waals surface area contributed by atoms with Crippen molar-refractivity contribution in [2.75, 3.05) is 13.7 Å². The zero-order valence-corrected chi connectivity index (χ0v) is 17.0. The number of benzene rings is 1. The van der Waals surface area contributed by atoms with Gasteiger partial charge in [-0.05, 0) is 69.5 Å². The number of hydrogen-bond donors (Lipinski definition) is 0. The van der Waals surface area contributed by atoms with Crippen LogP contribution in [0, 0.1) is 17.7 Å². The van der Waals surface area contributed by atoms with E-state index in [0.29, 0.717) is 18.9 Å². The fraction of sp³-hybridized carbons (Fsp3) is 0.545. The second-order valence-electron chi connectivity index (χ2n) is 8.52. The van der Waals surface area contributed by atoms with Crippen LogP contribution in [0.3, 0.4) is 0 Å². The number of rotatable bonds is 6. The Bertz CT molecular complexity index is 710. The van der Waals surface area contributed by atoms with Gasteiger partial charge in [-0.15, -0.1) is 0 Å². The van der Waals surface area contributed by atoms with Crippen molar-refractivity contribution in [1.82, 2.24) is 0 Å². The van der Waals surface area contributed by atoms with Crippen LogP contribution in [0.15, 0.2) is 42.5 Å². The second-order valence-corrected chi connectivity index (χ2v) is 8.52. The summed E-state index contributed by atoms with van der Waals surface area (Å²) in [5.74, 6) is 0.454. The number of halogens is 1. The summed E-state index contributed by atoms with van der Waals surface area (Å²) in [6.07, 6.45) is 10.1. The molecule has 3 nitrogen and oxygen atoms in total. The predicted octanol–water partition coefficient (Wildman–Crippen LogP) is 4.06. The summed E-state index contributed by atoms with van der Waals surface area (Å²) in [4.78, 5) is 0. The molecule has 1 aliphatic carbocycles. The molecule has 1 aromatic carbocycles. The van der Waals surface area contributed by atoms with Crippen LogP contribution in [-0.2, 0) is 20.5 Å². The summed E-state index contributed by atoms with van der Waals surface area (Å²) in [6.45, 7) is 8.71. The molecule has 1 aromatic rings. The van der Waals surface area contributed by atoms with E-state index in [4.69, 9.17) is 14.0 Å². The molecule has 0 aromatic heterocycles. The summed E-state index contributed by atoms with van der Waals surface area (Å²) in [6, 6.07) is 5.35. The fourth-order valence-corrected chi connectivity index (χ4v) is 3.59. The molecule has 1 fully saturated rings. The standard InChI is InChI=1S/C22H30BFO3/c1-21(2)22(3,4)27-23(26-21)19-11-10-18(20(24)15-19)14-17-9-7-6-8-16(17)12-13-25-5/h6-11,15-17H,12-14H2,1-5H3. The summed E-state index contributed by atoms with van der Waals surface area (Å²) in [5, 5.41) is 0. The largest absolute Gasteiger partial charge is 0.494 e. The van der Waals surface area contributed by atoms with Gasteiger partial charge in [0.2, 0.25) is 0 Å². The first kappa shape index (κ1) is 20.3. The topological polar surface area (TPSA) is 27.7 Å². The number of allylic oxidation sites excluding steroid dienone is 4. The molecule has 27 heavy (non-hydrogen) atoms. The Kier molecular flexibility index (Phi) is 5.94. The molecule has 1 heterocycles. The molecule has 0 saturated carbocycles. The molecule has 0 radical (unpaired) electrons. The predicted molar refractivity (Wildman–Crippen MR) is 108 cm³/mol. The molecule has 2 atom stereocenters. The minimum Gasteiger partial charge on any atom is -0.399 e. The van der Waals surface area contributed by atoms with Gasteiger partial charge in [0.25, 0.3) is 0 Å². The lowest BCUT2D eigenvalue weighted by atomic mass is 9.77.